The predicted molar refractivity (Wildman–Crippen MR) is 62.3 cm³/mol. The molecule has 1 N–H and O–H groups in total. The van der Waals surface area contributed by atoms with Gasteiger partial charge in [-0.3, -0.25) is 4.98 Å². The minimum Gasteiger partial charge on any atom is -0.383 e. The zero-order valence-electron chi connectivity index (χ0n) is 8.33. The lowest BCUT2D eigenvalue weighted by atomic mass is 9.76. The Balaban J connectivity index is 1.80. The maximum atomic E-state index is 4.11. The summed E-state index contributed by atoms with van der Waals surface area (Å²) in [7, 11) is 0. The molecular formula is C11H15BrN2. The second-order valence-electron chi connectivity index (χ2n) is 4.22. The molecule has 0 saturated heterocycles. The van der Waals surface area contributed by atoms with Crippen LogP contribution in [-0.4, -0.2) is 11.5 Å². The fourth-order valence-electron chi connectivity index (χ4n) is 2.01. The average molecular weight is 255 g/mol. The van der Waals surface area contributed by atoms with Gasteiger partial charge in [-0.25, -0.2) is 0 Å². The first-order valence-corrected chi connectivity index (χ1v) is 5.88. The summed E-state index contributed by atoms with van der Waals surface area (Å²) in [6.07, 6.45) is 6.41. The van der Waals surface area contributed by atoms with Gasteiger partial charge >= 0.3 is 0 Å². The Kier molecular flexibility index (Phi) is 3.06. The van der Waals surface area contributed by atoms with Crippen LogP contribution in [-0.2, 0) is 0 Å². The molecule has 2 rings (SSSR count). The van der Waals surface area contributed by atoms with Crippen molar-refractivity contribution < 1.29 is 0 Å². The van der Waals surface area contributed by atoms with Crippen LogP contribution >= 0.6 is 15.9 Å². The Labute approximate surface area is 93.3 Å². The number of hydrogen-bond donors (Lipinski definition) is 1. The second-order valence-corrected chi connectivity index (χ2v) is 5.13. The first-order chi connectivity index (χ1) is 6.74. The molecule has 1 aromatic heterocycles. The van der Waals surface area contributed by atoms with Crippen molar-refractivity contribution in [3.05, 3.63) is 22.9 Å². The predicted octanol–water partition coefficient (Wildman–Crippen LogP) is 3.30. The molecule has 0 unspecified atom stereocenters. The number of nitrogens with zero attached hydrogens (tertiary/aromatic N) is 1. The largest absolute Gasteiger partial charge is 0.383 e. The Morgan fingerprint density at radius 3 is 2.93 bits per heavy atom. The highest BCUT2D eigenvalue weighted by molar-refractivity contribution is 9.10. The van der Waals surface area contributed by atoms with E-state index < -0.39 is 0 Å². The number of halogens is 1. The van der Waals surface area contributed by atoms with Crippen LogP contribution in [0.5, 0.6) is 0 Å². The van der Waals surface area contributed by atoms with Crippen molar-refractivity contribution in [2.24, 2.45) is 11.8 Å². The third-order valence-corrected chi connectivity index (χ3v) is 3.20. The van der Waals surface area contributed by atoms with Gasteiger partial charge in [-0.1, -0.05) is 6.92 Å². The molecule has 0 radical (unpaired) electrons. The number of nitrogens with one attached hydrogen (secondary N) is 1. The highest BCUT2D eigenvalue weighted by Crippen LogP contribution is 2.32. The maximum absolute atomic E-state index is 4.11. The number of aromatic nitrogens is 1. The SMILES string of the molecule is CC1CC(CNc2cncc(Br)c2)C1. The molecule has 0 aliphatic heterocycles. The minimum absolute atomic E-state index is 0.865. The molecule has 0 atom stereocenters. The van der Waals surface area contributed by atoms with Crippen molar-refractivity contribution in [2.45, 2.75) is 19.8 Å². The van der Waals surface area contributed by atoms with Gasteiger partial charge in [0.15, 0.2) is 0 Å². The molecule has 1 aromatic rings. The van der Waals surface area contributed by atoms with Gasteiger partial charge in [0.1, 0.15) is 0 Å². The molecule has 1 heterocycles. The third-order valence-electron chi connectivity index (χ3n) is 2.77. The lowest BCUT2D eigenvalue weighted by molar-refractivity contribution is 0.225. The van der Waals surface area contributed by atoms with E-state index in [1.165, 1.54) is 12.8 Å². The van der Waals surface area contributed by atoms with E-state index in [2.05, 4.69) is 39.2 Å². The molecule has 0 spiro atoms. The van der Waals surface area contributed by atoms with Gasteiger partial charge in [0.25, 0.3) is 0 Å². The van der Waals surface area contributed by atoms with Crippen molar-refractivity contribution in [3.63, 3.8) is 0 Å². The zero-order valence-corrected chi connectivity index (χ0v) is 9.92. The van der Waals surface area contributed by atoms with Crippen LogP contribution in [0.2, 0.25) is 0 Å². The first kappa shape index (κ1) is 9.97. The van der Waals surface area contributed by atoms with Gasteiger partial charge in [0.05, 0.1) is 11.9 Å². The Bertz CT molecular complexity index is 308. The summed E-state index contributed by atoms with van der Waals surface area (Å²) in [5.74, 6) is 1.80. The van der Waals surface area contributed by atoms with E-state index in [0.717, 1.165) is 28.5 Å². The van der Waals surface area contributed by atoms with Crippen LogP contribution in [0.1, 0.15) is 19.8 Å². The van der Waals surface area contributed by atoms with Crippen LogP contribution in [0.4, 0.5) is 5.69 Å². The van der Waals surface area contributed by atoms with E-state index in [1.54, 1.807) is 6.20 Å². The maximum Gasteiger partial charge on any atom is 0.0538 e. The fraction of sp³-hybridized carbons (Fsp3) is 0.545. The lowest BCUT2D eigenvalue weighted by Gasteiger charge is -2.32. The summed E-state index contributed by atoms with van der Waals surface area (Å²) >= 11 is 3.41. The molecule has 76 valence electrons. The quantitative estimate of drug-likeness (QED) is 0.896. The third kappa shape index (κ3) is 2.47. The number of pyridine rings is 1. The second kappa shape index (κ2) is 4.30. The van der Waals surface area contributed by atoms with E-state index in [-0.39, 0.29) is 0 Å². The average Bonchev–Trinajstić information content (AvgIpc) is 2.11. The zero-order chi connectivity index (χ0) is 9.97. The molecule has 14 heavy (non-hydrogen) atoms. The van der Waals surface area contributed by atoms with Gasteiger partial charge in [-0.2, -0.15) is 0 Å². The van der Waals surface area contributed by atoms with E-state index in [4.69, 9.17) is 0 Å². The summed E-state index contributed by atoms with van der Waals surface area (Å²) < 4.78 is 1.03. The molecule has 0 bridgehead atoms. The van der Waals surface area contributed by atoms with Gasteiger partial charge in [-0.05, 0) is 46.7 Å². The van der Waals surface area contributed by atoms with E-state index in [9.17, 15) is 0 Å². The number of anilines is 1. The van der Waals surface area contributed by atoms with Crippen LogP contribution in [0.15, 0.2) is 22.9 Å². The van der Waals surface area contributed by atoms with Gasteiger partial charge in [0, 0.05) is 17.2 Å². The molecule has 1 fully saturated rings. The Morgan fingerprint density at radius 1 is 1.50 bits per heavy atom. The number of rotatable bonds is 3. The minimum atomic E-state index is 0.865. The molecule has 1 saturated carbocycles. The highest BCUT2D eigenvalue weighted by Gasteiger charge is 2.24. The van der Waals surface area contributed by atoms with Gasteiger partial charge in [0.2, 0.25) is 0 Å². The molecule has 2 nitrogen and oxygen atoms in total. The van der Waals surface area contributed by atoms with Crippen LogP contribution in [0, 0.1) is 11.8 Å². The van der Waals surface area contributed by atoms with Crippen molar-refractivity contribution >= 4 is 21.6 Å². The summed E-state index contributed by atoms with van der Waals surface area (Å²) in [5, 5.41) is 3.42. The smallest absolute Gasteiger partial charge is 0.0538 e. The van der Waals surface area contributed by atoms with E-state index in [0.29, 0.717) is 0 Å². The normalized spacial score (nSPS) is 25.6. The van der Waals surface area contributed by atoms with Crippen molar-refractivity contribution in [1.29, 1.82) is 0 Å². The van der Waals surface area contributed by atoms with Gasteiger partial charge in [-0.15, -0.1) is 0 Å². The van der Waals surface area contributed by atoms with Crippen LogP contribution in [0.3, 0.4) is 0 Å². The summed E-state index contributed by atoms with van der Waals surface area (Å²) in [6.45, 7) is 3.40. The van der Waals surface area contributed by atoms with E-state index in [1.807, 2.05) is 6.20 Å². The monoisotopic (exact) mass is 254 g/mol. The van der Waals surface area contributed by atoms with Gasteiger partial charge < -0.3 is 5.32 Å². The highest BCUT2D eigenvalue weighted by atomic mass is 79.9. The van der Waals surface area contributed by atoms with Crippen molar-refractivity contribution in [1.82, 2.24) is 4.98 Å². The summed E-state index contributed by atoms with van der Waals surface area (Å²) in [4.78, 5) is 4.11. The van der Waals surface area contributed by atoms with Crippen molar-refractivity contribution in [3.8, 4) is 0 Å². The Morgan fingerprint density at radius 2 is 2.29 bits per heavy atom. The first-order valence-electron chi connectivity index (χ1n) is 5.08. The Hall–Kier alpha value is -0.570. The molecule has 0 aromatic carbocycles. The summed E-state index contributed by atoms with van der Waals surface area (Å²) in [6, 6.07) is 2.06. The van der Waals surface area contributed by atoms with Crippen LogP contribution < -0.4 is 5.32 Å². The standard InChI is InChI=1S/C11H15BrN2/c1-8-2-9(3-8)5-14-11-4-10(12)6-13-7-11/h4,6-9,14H,2-3,5H2,1H3. The molecule has 0 amide bonds. The number of hydrogen-bond acceptors (Lipinski definition) is 2. The molecular weight excluding hydrogens is 240 g/mol. The van der Waals surface area contributed by atoms with Crippen molar-refractivity contribution in [2.75, 3.05) is 11.9 Å². The van der Waals surface area contributed by atoms with E-state index >= 15 is 0 Å². The topological polar surface area (TPSA) is 24.9 Å². The van der Waals surface area contributed by atoms with Crippen LogP contribution in [0.25, 0.3) is 0 Å². The summed E-state index contributed by atoms with van der Waals surface area (Å²) in [5.41, 5.74) is 1.11. The molecule has 1 aliphatic carbocycles. The molecule has 1 aliphatic rings. The lowest BCUT2D eigenvalue weighted by Crippen LogP contribution is -2.27. The fourth-order valence-corrected chi connectivity index (χ4v) is 2.37. The molecule has 3 heteroatoms.